The molecule has 180 valence electrons. The third-order valence-electron chi connectivity index (χ3n) is 4.91. The van der Waals surface area contributed by atoms with E-state index in [4.69, 9.17) is 9.26 Å². The molecule has 4 aromatic heterocycles. The molecule has 0 aromatic carbocycles. The van der Waals surface area contributed by atoms with Gasteiger partial charge < -0.3 is 9.26 Å². The van der Waals surface area contributed by atoms with Crippen LogP contribution in [0.4, 0.5) is 8.78 Å². The van der Waals surface area contributed by atoms with E-state index in [9.17, 15) is 8.78 Å². The first-order chi connectivity index (χ1) is 17.0. The number of ether oxygens (including phenoxy) is 1. The van der Waals surface area contributed by atoms with Gasteiger partial charge in [-0.15, -0.1) is 0 Å². The van der Waals surface area contributed by atoms with Crippen LogP contribution in [-0.4, -0.2) is 55.0 Å². The predicted molar refractivity (Wildman–Crippen MR) is 123 cm³/mol. The second-order valence-electron chi connectivity index (χ2n) is 7.24. The van der Waals surface area contributed by atoms with Gasteiger partial charge in [0.2, 0.25) is 11.7 Å². The molecule has 4 rings (SSSR count). The molecule has 0 aliphatic carbocycles. The largest absolute Gasteiger partial charge is 0.471 e. The Balaban J connectivity index is 1.47. The highest BCUT2D eigenvalue weighted by Crippen LogP contribution is 2.26. The van der Waals surface area contributed by atoms with Crippen molar-refractivity contribution in [1.82, 2.24) is 34.9 Å². The topological polar surface area (TPSA) is 120 Å². The first-order valence-corrected chi connectivity index (χ1v) is 10.3. The van der Waals surface area contributed by atoms with Gasteiger partial charge in [0.1, 0.15) is 18.6 Å². The van der Waals surface area contributed by atoms with E-state index in [1.54, 1.807) is 48.6 Å². The lowest BCUT2D eigenvalue weighted by molar-refractivity contribution is 0.150. The summed E-state index contributed by atoms with van der Waals surface area (Å²) < 4.78 is 38.1. The quantitative estimate of drug-likeness (QED) is 0.192. The number of halogens is 2. The van der Waals surface area contributed by atoms with Crippen molar-refractivity contribution in [2.75, 3.05) is 7.05 Å². The summed E-state index contributed by atoms with van der Waals surface area (Å²) in [6.45, 7) is 4.03. The van der Waals surface area contributed by atoms with E-state index in [0.29, 0.717) is 29.3 Å². The summed E-state index contributed by atoms with van der Waals surface area (Å²) in [7, 11) is 3.38. The van der Waals surface area contributed by atoms with Crippen molar-refractivity contribution in [3.63, 3.8) is 0 Å². The first kappa shape index (κ1) is 23.6. The Labute approximate surface area is 198 Å². The fourth-order valence-corrected chi connectivity index (χ4v) is 3.10. The fourth-order valence-electron chi connectivity index (χ4n) is 3.10. The van der Waals surface area contributed by atoms with Crippen LogP contribution in [0.15, 0.2) is 57.5 Å². The molecule has 35 heavy (non-hydrogen) atoms. The molecule has 0 saturated heterocycles. The zero-order valence-corrected chi connectivity index (χ0v) is 18.9. The summed E-state index contributed by atoms with van der Waals surface area (Å²) in [4.78, 5) is 16.7. The second-order valence-corrected chi connectivity index (χ2v) is 7.24. The number of pyridine rings is 2. The molecule has 4 aromatic rings. The number of hydrogen-bond acceptors (Lipinski definition) is 9. The lowest BCUT2D eigenvalue weighted by Gasteiger charge is -2.11. The van der Waals surface area contributed by atoms with Crippen molar-refractivity contribution in [2.24, 2.45) is 17.1 Å². The van der Waals surface area contributed by atoms with Crippen LogP contribution in [0.1, 0.15) is 23.2 Å². The van der Waals surface area contributed by atoms with E-state index < -0.39 is 6.43 Å². The third-order valence-corrected chi connectivity index (χ3v) is 4.91. The van der Waals surface area contributed by atoms with Crippen LogP contribution in [-0.2, 0) is 20.2 Å². The van der Waals surface area contributed by atoms with Crippen LogP contribution in [0.25, 0.3) is 23.0 Å². The maximum Gasteiger partial charge on any atom is 0.265 e. The SMILES string of the molecule is C=NN(C=NC)Cc1ccc(-c2noc(-c3cnn(C)c3COc3ccc(C(F)F)cn3)n2)nc1. The van der Waals surface area contributed by atoms with Crippen molar-refractivity contribution in [2.45, 2.75) is 19.6 Å². The lowest BCUT2D eigenvalue weighted by atomic mass is 10.2. The van der Waals surface area contributed by atoms with Crippen molar-refractivity contribution in [3.05, 3.63) is 59.7 Å². The highest BCUT2D eigenvalue weighted by Gasteiger charge is 2.19. The van der Waals surface area contributed by atoms with Crippen LogP contribution in [0.5, 0.6) is 5.88 Å². The van der Waals surface area contributed by atoms with Gasteiger partial charge in [0.25, 0.3) is 12.3 Å². The zero-order chi connectivity index (χ0) is 24.8. The molecular weight excluding hydrogens is 460 g/mol. The molecule has 0 fully saturated rings. The van der Waals surface area contributed by atoms with Crippen molar-refractivity contribution < 1.29 is 18.0 Å². The first-order valence-electron chi connectivity index (χ1n) is 10.3. The monoisotopic (exact) mass is 481 g/mol. The van der Waals surface area contributed by atoms with Crippen molar-refractivity contribution in [3.8, 4) is 28.9 Å². The average molecular weight is 481 g/mol. The summed E-state index contributed by atoms with van der Waals surface area (Å²) in [5, 5.41) is 13.7. The van der Waals surface area contributed by atoms with Crippen LogP contribution < -0.4 is 4.74 Å². The molecule has 11 nitrogen and oxygen atoms in total. The van der Waals surface area contributed by atoms with Crippen LogP contribution in [0.2, 0.25) is 0 Å². The molecule has 0 N–H and O–H groups in total. The van der Waals surface area contributed by atoms with E-state index in [2.05, 4.69) is 42.0 Å². The van der Waals surface area contributed by atoms with Gasteiger partial charge in [-0.3, -0.25) is 19.7 Å². The molecule has 0 aliphatic rings. The lowest BCUT2D eigenvalue weighted by Crippen LogP contribution is -2.14. The van der Waals surface area contributed by atoms with Crippen molar-refractivity contribution >= 4 is 13.1 Å². The highest BCUT2D eigenvalue weighted by molar-refractivity contribution is 5.59. The number of hydrogen-bond donors (Lipinski definition) is 0. The van der Waals surface area contributed by atoms with Gasteiger partial charge in [-0.1, -0.05) is 11.2 Å². The van der Waals surface area contributed by atoms with Crippen LogP contribution >= 0.6 is 0 Å². The van der Waals surface area contributed by atoms with Crippen LogP contribution in [0, 0.1) is 0 Å². The number of aromatic nitrogens is 6. The van der Waals surface area contributed by atoms with E-state index in [-0.39, 0.29) is 23.9 Å². The molecule has 0 bridgehead atoms. The predicted octanol–water partition coefficient (Wildman–Crippen LogP) is 3.52. The normalized spacial score (nSPS) is 11.3. The molecule has 0 radical (unpaired) electrons. The number of aryl methyl sites for hydroxylation is 1. The minimum atomic E-state index is -2.59. The Morgan fingerprint density at radius 1 is 1.20 bits per heavy atom. The van der Waals surface area contributed by atoms with Gasteiger partial charge in [0, 0.05) is 44.8 Å². The maximum absolute atomic E-state index is 12.7. The van der Waals surface area contributed by atoms with Crippen LogP contribution in [0.3, 0.4) is 0 Å². The number of hydrazone groups is 1. The van der Waals surface area contributed by atoms with Gasteiger partial charge in [0.05, 0.1) is 24.0 Å². The minimum Gasteiger partial charge on any atom is -0.471 e. The molecule has 0 spiro atoms. The number of rotatable bonds is 10. The molecule has 4 heterocycles. The average Bonchev–Trinajstić information content (AvgIpc) is 3.50. The molecule has 13 heteroatoms. The van der Waals surface area contributed by atoms with Gasteiger partial charge in [-0.25, -0.2) is 13.8 Å². The fraction of sp³-hybridized carbons (Fsp3) is 0.227. The number of alkyl halides is 2. The Morgan fingerprint density at radius 2 is 2.06 bits per heavy atom. The Kier molecular flexibility index (Phi) is 7.14. The van der Waals surface area contributed by atoms with Gasteiger partial charge in [0.15, 0.2) is 0 Å². The summed E-state index contributed by atoms with van der Waals surface area (Å²) in [6, 6.07) is 6.30. The van der Waals surface area contributed by atoms with E-state index >= 15 is 0 Å². The van der Waals surface area contributed by atoms with E-state index in [0.717, 1.165) is 11.8 Å². The molecule has 0 atom stereocenters. The Bertz CT molecular complexity index is 1300. The summed E-state index contributed by atoms with van der Waals surface area (Å²) >= 11 is 0. The number of aliphatic imine (C=N–C) groups is 1. The molecule has 0 aliphatic heterocycles. The summed E-state index contributed by atoms with van der Waals surface area (Å²) in [5.41, 5.74) is 2.45. The van der Waals surface area contributed by atoms with E-state index in [1.807, 2.05) is 6.07 Å². The maximum atomic E-state index is 12.7. The zero-order valence-electron chi connectivity index (χ0n) is 18.9. The molecule has 0 amide bonds. The van der Waals surface area contributed by atoms with Crippen molar-refractivity contribution in [1.29, 1.82) is 0 Å². The van der Waals surface area contributed by atoms with Gasteiger partial charge >= 0.3 is 0 Å². The summed E-state index contributed by atoms with van der Waals surface area (Å²) in [6.07, 6.45) is 3.31. The highest BCUT2D eigenvalue weighted by atomic mass is 19.3. The number of nitrogens with zero attached hydrogens (tertiary/aromatic N) is 9. The standard InChI is InChI=1S/C22H21F2N9O2/c1-25-13-33(26-2)11-14-4-6-17(27-8-14)21-30-22(35-31-21)16-10-29-32(3)18(16)12-34-19-7-5-15(9-28-19)20(23)24/h4-10,13,20H,2,11-12H2,1,3H3. The molecular formula is C22H21F2N9O2. The Hall–Kier alpha value is -4.55. The molecule has 0 unspecified atom stereocenters. The minimum absolute atomic E-state index is 0.0619. The van der Waals surface area contributed by atoms with E-state index in [1.165, 1.54) is 12.1 Å². The van der Waals surface area contributed by atoms with Gasteiger partial charge in [-0.05, 0) is 17.7 Å². The second kappa shape index (κ2) is 10.6. The molecule has 0 saturated carbocycles. The smallest absolute Gasteiger partial charge is 0.265 e. The Morgan fingerprint density at radius 3 is 2.71 bits per heavy atom. The van der Waals surface area contributed by atoms with Gasteiger partial charge in [-0.2, -0.15) is 15.2 Å². The third kappa shape index (κ3) is 5.51. The summed E-state index contributed by atoms with van der Waals surface area (Å²) in [5.74, 6) is 0.743.